The number of carbonyl (C=O) groups excluding carboxylic acids is 1. The zero-order chi connectivity index (χ0) is 15.1. The highest BCUT2D eigenvalue weighted by atomic mass is 19.1. The molecule has 2 rings (SSSR count). The van der Waals surface area contributed by atoms with Crippen molar-refractivity contribution in [1.29, 1.82) is 0 Å². The maximum absolute atomic E-state index is 12.8. The summed E-state index contributed by atoms with van der Waals surface area (Å²) in [5.41, 5.74) is 0.970. The van der Waals surface area contributed by atoms with Crippen molar-refractivity contribution >= 4 is 5.91 Å². The van der Waals surface area contributed by atoms with Gasteiger partial charge in [-0.15, -0.1) is 0 Å². The minimum atomic E-state index is -0.254. The third-order valence-corrected chi connectivity index (χ3v) is 4.42. The van der Waals surface area contributed by atoms with Crippen molar-refractivity contribution in [2.45, 2.75) is 38.5 Å². The second-order valence-electron chi connectivity index (χ2n) is 5.92. The van der Waals surface area contributed by atoms with Crippen LogP contribution in [0.5, 0.6) is 0 Å². The van der Waals surface area contributed by atoms with E-state index in [9.17, 15) is 14.3 Å². The van der Waals surface area contributed by atoms with Gasteiger partial charge in [0.2, 0.25) is 5.91 Å². The lowest BCUT2D eigenvalue weighted by atomic mass is 9.79. The summed E-state index contributed by atoms with van der Waals surface area (Å²) in [6.45, 7) is 0.879. The molecule has 0 bridgehead atoms. The van der Waals surface area contributed by atoms with Crippen LogP contribution in [0.1, 0.15) is 37.7 Å². The van der Waals surface area contributed by atoms with Gasteiger partial charge in [-0.3, -0.25) is 4.79 Å². The van der Waals surface area contributed by atoms with Crippen molar-refractivity contribution < 1.29 is 14.3 Å². The Morgan fingerprint density at radius 1 is 1.19 bits per heavy atom. The molecule has 1 aliphatic carbocycles. The molecule has 1 aromatic rings. The van der Waals surface area contributed by atoms with E-state index in [0.717, 1.165) is 18.4 Å². The average molecular weight is 293 g/mol. The van der Waals surface area contributed by atoms with Crippen molar-refractivity contribution in [3.05, 3.63) is 35.6 Å². The molecule has 0 saturated heterocycles. The van der Waals surface area contributed by atoms with Crippen molar-refractivity contribution in [2.24, 2.45) is 11.8 Å². The van der Waals surface area contributed by atoms with Gasteiger partial charge in [0.05, 0.1) is 0 Å². The second-order valence-corrected chi connectivity index (χ2v) is 5.92. The third-order valence-electron chi connectivity index (χ3n) is 4.42. The zero-order valence-corrected chi connectivity index (χ0v) is 12.4. The molecule has 1 amide bonds. The van der Waals surface area contributed by atoms with E-state index in [2.05, 4.69) is 5.32 Å². The molecular formula is C17H24FNO2. The lowest BCUT2D eigenvalue weighted by molar-refractivity contribution is -0.121. The van der Waals surface area contributed by atoms with Crippen LogP contribution in [0.4, 0.5) is 4.39 Å². The summed E-state index contributed by atoms with van der Waals surface area (Å²) in [7, 11) is 0. The van der Waals surface area contributed by atoms with Gasteiger partial charge in [0.25, 0.3) is 0 Å². The predicted molar refractivity (Wildman–Crippen MR) is 80.3 cm³/mol. The standard InChI is InChI=1S/C17H24FNO2/c18-16-8-5-13(6-9-16)7-10-17(21)19-11-14-3-1-2-4-15(14)12-20/h5-6,8-9,14-15,20H,1-4,7,10-12H2,(H,19,21). The van der Waals surface area contributed by atoms with E-state index in [1.54, 1.807) is 12.1 Å². The summed E-state index contributed by atoms with van der Waals surface area (Å²) >= 11 is 0. The number of benzene rings is 1. The summed E-state index contributed by atoms with van der Waals surface area (Å²) in [4.78, 5) is 11.9. The summed E-state index contributed by atoms with van der Waals surface area (Å²) in [5, 5.41) is 12.3. The predicted octanol–water partition coefficient (Wildman–Crippen LogP) is 2.67. The summed E-state index contributed by atoms with van der Waals surface area (Å²) < 4.78 is 12.8. The van der Waals surface area contributed by atoms with Crippen molar-refractivity contribution in [3.8, 4) is 0 Å². The molecule has 0 aromatic heterocycles. The maximum atomic E-state index is 12.8. The normalized spacial score (nSPS) is 22.0. The van der Waals surface area contributed by atoms with Gasteiger partial charge in [-0.2, -0.15) is 0 Å². The van der Waals surface area contributed by atoms with Gasteiger partial charge < -0.3 is 10.4 Å². The number of nitrogens with one attached hydrogen (secondary N) is 1. The topological polar surface area (TPSA) is 49.3 Å². The fraction of sp³-hybridized carbons (Fsp3) is 0.588. The lowest BCUT2D eigenvalue weighted by Crippen LogP contribution is -2.35. The molecule has 4 heteroatoms. The van der Waals surface area contributed by atoms with Gasteiger partial charge in [-0.25, -0.2) is 4.39 Å². The molecule has 21 heavy (non-hydrogen) atoms. The molecule has 0 heterocycles. The maximum Gasteiger partial charge on any atom is 0.220 e. The number of halogens is 1. The quantitative estimate of drug-likeness (QED) is 0.847. The van der Waals surface area contributed by atoms with Crippen LogP contribution >= 0.6 is 0 Å². The van der Waals surface area contributed by atoms with Crippen LogP contribution in [0.15, 0.2) is 24.3 Å². The molecule has 116 valence electrons. The van der Waals surface area contributed by atoms with Gasteiger partial charge in [-0.05, 0) is 48.8 Å². The molecule has 2 unspecified atom stereocenters. The first kappa shape index (κ1) is 16.0. The Balaban J connectivity index is 1.70. The summed E-state index contributed by atoms with van der Waals surface area (Å²) in [5.74, 6) is 0.506. The Hall–Kier alpha value is -1.42. The number of aliphatic hydroxyl groups excluding tert-OH is 1. The fourth-order valence-electron chi connectivity index (χ4n) is 3.04. The van der Waals surface area contributed by atoms with E-state index in [0.29, 0.717) is 31.2 Å². The van der Waals surface area contributed by atoms with E-state index >= 15 is 0 Å². The first-order valence-corrected chi connectivity index (χ1v) is 7.81. The minimum absolute atomic E-state index is 0.0292. The summed E-state index contributed by atoms with van der Waals surface area (Å²) in [6.07, 6.45) is 5.56. The molecule has 1 aliphatic rings. The number of rotatable bonds is 6. The number of amides is 1. The van der Waals surface area contributed by atoms with E-state index in [1.165, 1.54) is 25.0 Å². The smallest absolute Gasteiger partial charge is 0.220 e. The van der Waals surface area contributed by atoms with Crippen molar-refractivity contribution in [1.82, 2.24) is 5.32 Å². The largest absolute Gasteiger partial charge is 0.396 e. The number of aliphatic hydroxyl groups is 1. The third kappa shape index (κ3) is 5.12. The van der Waals surface area contributed by atoms with Crippen molar-refractivity contribution in [2.75, 3.05) is 13.2 Å². The highest BCUT2D eigenvalue weighted by molar-refractivity contribution is 5.76. The first-order chi connectivity index (χ1) is 10.2. The van der Waals surface area contributed by atoms with Crippen LogP contribution in [0, 0.1) is 17.7 Å². The zero-order valence-electron chi connectivity index (χ0n) is 12.4. The highest BCUT2D eigenvalue weighted by Gasteiger charge is 2.24. The lowest BCUT2D eigenvalue weighted by Gasteiger charge is -2.30. The second kappa shape index (κ2) is 8.13. The number of carbonyl (C=O) groups is 1. The Morgan fingerprint density at radius 3 is 2.52 bits per heavy atom. The Labute approximate surface area is 125 Å². The van der Waals surface area contributed by atoms with Crippen LogP contribution in [0.25, 0.3) is 0 Å². The van der Waals surface area contributed by atoms with Gasteiger partial charge in [0, 0.05) is 19.6 Å². The molecule has 2 atom stereocenters. The van der Waals surface area contributed by atoms with Gasteiger partial charge in [-0.1, -0.05) is 25.0 Å². The molecular weight excluding hydrogens is 269 g/mol. The number of aryl methyl sites for hydroxylation is 1. The molecule has 0 radical (unpaired) electrons. The van der Waals surface area contributed by atoms with E-state index in [-0.39, 0.29) is 18.3 Å². The first-order valence-electron chi connectivity index (χ1n) is 7.81. The minimum Gasteiger partial charge on any atom is -0.396 e. The number of hydrogen-bond donors (Lipinski definition) is 2. The number of hydrogen-bond acceptors (Lipinski definition) is 2. The van der Waals surface area contributed by atoms with Crippen LogP contribution < -0.4 is 5.32 Å². The molecule has 0 spiro atoms. The Bertz CT molecular complexity index is 447. The fourth-order valence-corrected chi connectivity index (χ4v) is 3.04. The monoisotopic (exact) mass is 293 g/mol. The van der Waals surface area contributed by atoms with Crippen LogP contribution in [0.2, 0.25) is 0 Å². The van der Waals surface area contributed by atoms with E-state index in [1.807, 2.05) is 0 Å². The SMILES string of the molecule is O=C(CCc1ccc(F)cc1)NCC1CCCCC1CO. The van der Waals surface area contributed by atoms with E-state index < -0.39 is 0 Å². The van der Waals surface area contributed by atoms with E-state index in [4.69, 9.17) is 0 Å². The Kier molecular flexibility index (Phi) is 6.18. The van der Waals surface area contributed by atoms with Crippen molar-refractivity contribution in [3.63, 3.8) is 0 Å². The average Bonchev–Trinajstić information content (AvgIpc) is 2.52. The highest BCUT2D eigenvalue weighted by Crippen LogP contribution is 2.29. The van der Waals surface area contributed by atoms with Crippen LogP contribution in [-0.2, 0) is 11.2 Å². The molecule has 0 aliphatic heterocycles. The van der Waals surface area contributed by atoms with Crippen LogP contribution in [-0.4, -0.2) is 24.2 Å². The molecule has 1 saturated carbocycles. The molecule has 2 N–H and O–H groups in total. The molecule has 3 nitrogen and oxygen atoms in total. The van der Waals surface area contributed by atoms with Gasteiger partial charge >= 0.3 is 0 Å². The Morgan fingerprint density at radius 2 is 1.86 bits per heavy atom. The van der Waals surface area contributed by atoms with Gasteiger partial charge in [0.15, 0.2) is 0 Å². The van der Waals surface area contributed by atoms with Crippen LogP contribution in [0.3, 0.4) is 0 Å². The molecule has 1 aromatic carbocycles. The molecule has 1 fully saturated rings. The van der Waals surface area contributed by atoms with Gasteiger partial charge in [0.1, 0.15) is 5.82 Å². The summed E-state index contributed by atoms with van der Waals surface area (Å²) in [6, 6.07) is 6.26.